The van der Waals surface area contributed by atoms with E-state index in [0.29, 0.717) is 25.8 Å². The number of unbranched alkanes of at least 4 members (excludes halogenated alkanes) is 4. The molecule has 8 nitrogen and oxygen atoms in total. The van der Waals surface area contributed by atoms with Gasteiger partial charge < -0.3 is 27.0 Å². The van der Waals surface area contributed by atoms with Gasteiger partial charge in [0.05, 0.1) is 6.10 Å². The van der Waals surface area contributed by atoms with Gasteiger partial charge in [0, 0.05) is 13.0 Å². The van der Waals surface area contributed by atoms with E-state index in [2.05, 4.69) is 4.99 Å². The molecule has 8 heteroatoms. The molecule has 25 heavy (non-hydrogen) atoms. The van der Waals surface area contributed by atoms with Crippen molar-refractivity contribution in [1.82, 2.24) is 0 Å². The molecule has 0 saturated carbocycles. The van der Waals surface area contributed by atoms with E-state index < -0.39 is 18.0 Å². The number of aliphatic hydroxyl groups is 1. The van der Waals surface area contributed by atoms with Gasteiger partial charge in [-0.1, -0.05) is 32.6 Å². The zero-order valence-electron chi connectivity index (χ0n) is 15.3. The summed E-state index contributed by atoms with van der Waals surface area (Å²) in [4.78, 5) is 27.1. The Labute approximate surface area is 150 Å². The Kier molecular flexibility index (Phi) is 13.7. The number of hydrogen-bond acceptors (Lipinski definition) is 6. The Morgan fingerprint density at radius 1 is 1.04 bits per heavy atom. The van der Waals surface area contributed by atoms with Crippen LogP contribution in [0.1, 0.15) is 71.1 Å². The Morgan fingerprint density at radius 2 is 1.68 bits per heavy atom. The minimum Gasteiger partial charge on any atom is -0.393 e. The van der Waals surface area contributed by atoms with Crippen LogP contribution in [-0.4, -0.2) is 41.7 Å². The number of carbonyl (C=O) groups excluding carboxylic acids is 2. The number of rotatable bonds is 14. The molecule has 2 atom stereocenters. The van der Waals surface area contributed by atoms with Gasteiger partial charge in [-0.3, -0.25) is 9.79 Å². The maximum absolute atomic E-state index is 11.7. The van der Waals surface area contributed by atoms with Crippen LogP contribution in [0.5, 0.6) is 0 Å². The van der Waals surface area contributed by atoms with Crippen LogP contribution >= 0.6 is 0 Å². The molecule has 0 amide bonds. The fraction of sp³-hybridized carbons (Fsp3) is 0.824. The van der Waals surface area contributed by atoms with Crippen molar-refractivity contribution in [1.29, 1.82) is 0 Å². The first-order valence-corrected chi connectivity index (χ1v) is 9.10. The van der Waals surface area contributed by atoms with Crippen LogP contribution in [0.25, 0.3) is 0 Å². The van der Waals surface area contributed by atoms with Crippen molar-refractivity contribution in [3.63, 3.8) is 0 Å². The molecule has 0 saturated heterocycles. The van der Waals surface area contributed by atoms with Crippen LogP contribution in [0.2, 0.25) is 0 Å². The lowest BCUT2D eigenvalue weighted by Gasteiger charge is -2.09. The van der Waals surface area contributed by atoms with E-state index in [0.717, 1.165) is 38.5 Å². The van der Waals surface area contributed by atoms with Crippen molar-refractivity contribution < 1.29 is 19.4 Å². The molecular formula is C17H34N4O4. The second kappa shape index (κ2) is 14.7. The monoisotopic (exact) mass is 358 g/mol. The Balaban J connectivity index is 3.66. The highest BCUT2D eigenvalue weighted by Crippen LogP contribution is 2.10. The van der Waals surface area contributed by atoms with Crippen molar-refractivity contribution in [3.8, 4) is 0 Å². The van der Waals surface area contributed by atoms with Gasteiger partial charge in [-0.15, -0.1) is 0 Å². The third kappa shape index (κ3) is 14.4. The molecule has 0 aromatic heterocycles. The lowest BCUT2D eigenvalue weighted by molar-refractivity contribution is -0.160. The third-order valence-electron chi connectivity index (χ3n) is 3.87. The van der Waals surface area contributed by atoms with E-state index in [1.165, 1.54) is 0 Å². The zero-order valence-corrected chi connectivity index (χ0v) is 15.3. The molecule has 0 heterocycles. The number of hydrogen-bond donors (Lipinski definition) is 4. The van der Waals surface area contributed by atoms with E-state index in [4.69, 9.17) is 21.9 Å². The summed E-state index contributed by atoms with van der Waals surface area (Å²) in [7, 11) is 0. The number of aliphatic imine (C=N–C) groups is 1. The second-order valence-corrected chi connectivity index (χ2v) is 6.22. The van der Waals surface area contributed by atoms with Gasteiger partial charge in [-0.25, -0.2) is 4.79 Å². The zero-order chi connectivity index (χ0) is 19.1. The number of aliphatic hydroxyl groups excluding tert-OH is 1. The van der Waals surface area contributed by atoms with Crippen LogP contribution in [0, 0.1) is 0 Å². The minimum absolute atomic E-state index is 0.00660. The second-order valence-electron chi connectivity index (χ2n) is 6.22. The van der Waals surface area contributed by atoms with Crippen LogP contribution in [0.15, 0.2) is 4.99 Å². The maximum atomic E-state index is 11.7. The van der Waals surface area contributed by atoms with Gasteiger partial charge in [0.25, 0.3) is 0 Å². The van der Waals surface area contributed by atoms with Gasteiger partial charge in [0.2, 0.25) is 0 Å². The topological polar surface area (TPSA) is 154 Å². The predicted molar refractivity (Wildman–Crippen MR) is 97.6 cm³/mol. The molecule has 0 aliphatic heterocycles. The molecule has 0 aliphatic carbocycles. The van der Waals surface area contributed by atoms with Crippen LogP contribution < -0.4 is 17.2 Å². The number of guanidine groups is 1. The van der Waals surface area contributed by atoms with Crippen molar-refractivity contribution in [2.75, 3.05) is 6.54 Å². The smallest absolute Gasteiger partial charge is 0.330 e. The summed E-state index contributed by atoms with van der Waals surface area (Å²) in [6.45, 7) is 2.35. The summed E-state index contributed by atoms with van der Waals surface area (Å²) in [6.07, 6.45) is 7.12. The number of nitrogens with two attached hydrogens (primary N) is 3. The van der Waals surface area contributed by atoms with E-state index in [9.17, 15) is 14.7 Å². The first kappa shape index (κ1) is 23.3. The van der Waals surface area contributed by atoms with E-state index in [1.807, 2.05) is 6.92 Å². The minimum atomic E-state index is -0.844. The molecule has 0 bridgehead atoms. The quantitative estimate of drug-likeness (QED) is 0.118. The molecule has 1 unspecified atom stereocenters. The predicted octanol–water partition coefficient (Wildman–Crippen LogP) is 0.939. The molecule has 0 aromatic carbocycles. The van der Waals surface area contributed by atoms with Gasteiger partial charge >= 0.3 is 11.9 Å². The number of ether oxygens (including phenoxy) is 1. The van der Waals surface area contributed by atoms with Gasteiger partial charge in [-0.2, -0.15) is 0 Å². The highest BCUT2D eigenvalue weighted by Gasteiger charge is 2.18. The molecule has 0 fully saturated rings. The molecule has 0 rings (SSSR count). The van der Waals surface area contributed by atoms with Gasteiger partial charge in [-0.05, 0) is 32.1 Å². The normalized spacial score (nSPS) is 13.1. The SMILES string of the molecule is CCC(O)CCCCCCCC(=O)OC(=O)[C@@H](N)CCCN=C(N)N. The lowest BCUT2D eigenvalue weighted by atomic mass is 10.1. The van der Waals surface area contributed by atoms with E-state index in [1.54, 1.807) is 0 Å². The van der Waals surface area contributed by atoms with E-state index >= 15 is 0 Å². The first-order chi connectivity index (χ1) is 11.9. The molecule has 0 spiro atoms. The molecular weight excluding hydrogens is 324 g/mol. The van der Waals surface area contributed by atoms with E-state index in [-0.39, 0.29) is 18.5 Å². The fourth-order valence-electron chi connectivity index (χ4n) is 2.26. The van der Waals surface area contributed by atoms with Crippen molar-refractivity contribution in [2.45, 2.75) is 83.3 Å². The Hall–Kier alpha value is -1.67. The Bertz CT molecular complexity index is 411. The highest BCUT2D eigenvalue weighted by atomic mass is 16.6. The maximum Gasteiger partial charge on any atom is 0.330 e. The number of nitrogens with zero attached hydrogens (tertiary/aromatic N) is 1. The van der Waals surface area contributed by atoms with Crippen LogP contribution in [0.4, 0.5) is 0 Å². The lowest BCUT2D eigenvalue weighted by Crippen LogP contribution is -2.34. The van der Waals surface area contributed by atoms with Crippen LogP contribution in [-0.2, 0) is 14.3 Å². The number of carbonyl (C=O) groups is 2. The molecule has 7 N–H and O–H groups in total. The average Bonchev–Trinajstić information content (AvgIpc) is 2.56. The summed E-state index contributed by atoms with van der Waals surface area (Å²) < 4.78 is 4.74. The molecule has 146 valence electrons. The van der Waals surface area contributed by atoms with Gasteiger partial charge in [0.15, 0.2) is 5.96 Å². The summed E-state index contributed by atoms with van der Waals surface area (Å²) in [6, 6.07) is -0.844. The fourth-order valence-corrected chi connectivity index (χ4v) is 2.26. The van der Waals surface area contributed by atoms with Crippen LogP contribution in [0.3, 0.4) is 0 Å². The number of esters is 2. The summed E-state index contributed by atoms with van der Waals surface area (Å²) >= 11 is 0. The summed E-state index contributed by atoms with van der Waals surface area (Å²) in [5, 5.41) is 9.43. The standard InChI is InChI=1S/C17H34N4O4/c1-2-13(22)9-6-4-3-5-7-11-15(23)25-16(24)14(18)10-8-12-21-17(19)20/h13-14,22H,2-12,18H2,1H3,(H4,19,20,21)/t13?,14-/m0/s1. The first-order valence-electron chi connectivity index (χ1n) is 9.10. The third-order valence-corrected chi connectivity index (χ3v) is 3.87. The van der Waals surface area contributed by atoms with Crippen molar-refractivity contribution in [3.05, 3.63) is 0 Å². The van der Waals surface area contributed by atoms with Gasteiger partial charge in [0.1, 0.15) is 6.04 Å². The van der Waals surface area contributed by atoms with Crippen molar-refractivity contribution in [2.24, 2.45) is 22.2 Å². The molecule has 0 aromatic rings. The van der Waals surface area contributed by atoms with Crippen molar-refractivity contribution >= 4 is 17.9 Å². The highest BCUT2D eigenvalue weighted by molar-refractivity contribution is 5.88. The largest absolute Gasteiger partial charge is 0.393 e. The molecule has 0 radical (unpaired) electrons. The molecule has 0 aliphatic rings. The Morgan fingerprint density at radius 3 is 2.32 bits per heavy atom. The summed E-state index contributed by atoms with van der Waals surface area (Å²) in [5.41, 5.74) is 16.0. The summed E-state index contributed by atoms with van der Waals surface area (Å²) in [5.74, 6) is -1.25. The average molecular weight is 358 g/mol.